The van der Waals surface area contributed by atoms with Gasteiger partial charge in [0.2, 0.25) is 0 Å². The fraction of sp³-hybridized carbons (Fsp3) is 0.364. The first-order valence-electron chi connectivity index (χ1n) is 5.54. The molecule has 0 spiro atoms. The van der Waals surface area contributed by atoms with Gasteiger partial charge in [-0.1, -0.05) is 0 Å². The van der Waals surface area contributed by atoms with Crippen molar-refractivity contribution in [3.63, 3.8) is 0 Å². The van der Waals surface area contributed by atoms with Gasteiger partial charge in [0.25, 0.3) is 0 Å². The Hall–Kier alpha value is -1.01. The Kier molecular flexibility index (Phi) is 3.07. The predicted molar refractivity (Wildman–Crippen MR) is 71.8 cm³/mol. The van der Waals surface area contributed by atoms with Gasteiger partial charge in [0, 0.05) is 11.1 Å². The second-order valence-electron chi connectivity index (χ2n) is 3.94. The van der Waals surface area contributed by atoms with Crippen LogP contribution in [-0.2, 0) is 12.8 Å². The second-order valence-corrected chi connectivity index (χ2v) is 5.88. The number of hydrogen-bond acceptors (Lipinski definition) is 5. The lowest BCUT2D eigenvalue weighted by Gasteiger charge is -2.06. The monoisotopic (exact) mass is 310 g/mol. The first-order chi connectivity index (χ1) is 8.33. The van der Waals surface area contributed by atoms with Gasteiger partial charge in [-0.05, 0) is 41.6 Å². The van der Waals surface area contributed by atoms with Gasteiger partial charge in [-0.25, -0.2) is 15.0 Å². The Morgan fingerprint density at radius 3 is 3.00 bits per heavy atom. The fourth-order valence-corrected chi connectivity index (χ4v) is 3.28. The number of aromatic nitrogens is 3. The van der Waals surface area contributed by atoms with E-state index in [-0.39, 0.29) is 0 Å². The number of nitrogens with zero attached hydrogens (tertiary/aromatic N) is 3. The molecule has 0 radical (unpaired) electrons. The molecule has 1 aliphatic carbocycles. The van der Waals surface area contributed by atoms with Crippen LogP contribution in [0.15, 0.2) is 17.0 Å². The highest BCUT2D eigenvalue weighted by Gasteiger charge is 2.15. The second kappa shape index (κ2) is 4.70. The third-order valence-electron chi connectivity index (χ3n) is 2.74. The lowest BCUT2D eigenvalue weighted by atomic mass is 10.0. The largest absolute Gasteiger partial charge is 0.315 e. The molecule has 2 heterocycles. The van der Waals surface area contributed by atoms with Crippen LogP contribution in [0.25, 0.3) is 0 Å². The van der Waals surface area contributed by atoms with Crippen molar-refractivity contribution in [3.05, 3.63) is 27.6 Å². The van der Waals surface area contributed by atoms with E-state index in [9.17, 15) is 0 Å². The zero-order valence-corrected chi connectivity index (χ0v) is 11.5. The van der Waals surface area contributed by atoms with E-state index < -0.39 is 0 Å². The Morgan fingerprint density at radius 2 is 2.18 bits per heavy atom. The van der Waals surface area contributed by atoms with Gasteiger partial charge in [0.1, 0.15) is 12.1 Å². The Bertz CT molecular complexity index is 517. The quantitative estimate of drug-likeness (QED) is 0.924. The van der Waals surface area contributed by atoms with Crippen LogP contribution in [0.1, 0.15) is 23.4 Å². The van der Waals surface area contributed by atoms with Crippen LogP contribution in [0, 0.1) is 0 Å². The summed E-state index contributed by atoms with van der Waals surface area (Å²) >= 11 is 5.15. The van der Waals surface area contributed by atoms with E-state index in [1.165, 1.54) is 36.2 Å². The molecule has 1 N–H and O–H groups in total. The Morgan fingerprint density at radius 1 is 1.29 bits per heavy atom. The van der Waals surface area contributed by atoms with Crippen LogP contribution in [-0.4, -0.2) is 15.0 Å². The Balaban J connectivity index is 1.86. The van der Waals surface area contributed by atoms with Gasteiger partial charge in [-0.2, -0.15) is 0 Å². The van der Waals surface area contributed by atoms with Crippen molar-refractivity contribution in [2.45, 2.75) is 25.7 Å². The van der Waals surface area contributed by atoms with Crippen LogP contribution < -0.4 is 5.32 Å². The topological polar surface area (TPSA) is 50.7 Å². The minimum Gasteiger partial charge on any atom is -0.315 e. The smallest absolute Gasteiger partial charge is 0.188 e. The van der Waals surface area contributed by atoms with E-state index in [2.05, 4.69) is 36.2 Å². The number of halogens is 1. The summed E-state index contributed by atoms with van der Waals surface area (Å²) in [4.78, 5) is 14.1. The molecule has 0 bridgehead atoms. The molecular weight excluding hydrogens is 300 g/mol. The lowest BCUT2D eigenvalue weighted by Crippen LogP contribution is -1.99. The zero-order chi connectivity index (χ0) is 11.7. The third kappa shape index (κ3) is 2.32. The summed E-state index contributed by atoms with van der Waals surface area (Å²) in [6, 6.07) is 0. The molecule has 0 aliphatic heterocycles. The van der Waals surface area contributed by atoms with Crippen LogP contribution >= 0.6 is 27.3 Å². The van der Waals surface area contributed by atoms with Crippen LogP contribution in [0.5, 0.6) is 0 Å². The fourth-order valence-electron chi connectivity index (χ4n) is 1.91. The van der Waals surface area contributed by atoms with Crippen molar-refractivity contribution in [3.8, 4) is 0 Å². The first-order valence-corrected chi connectivity index (χ1v) is 7.15. The summed E-state index contributed by atoms with van der Waals surface area (Å²) < 4.78 is 0.855. The van der Waals surface area contributed by atoms with E-state index in [0.29, 0.717) is 0 Å². The highest BCUT2D eigenvalue weighted by molar-refractivity contribution is 9.10. The molecule has 2 aromatic heterocycles. The van der Waals surface area contributed by atoms with Crippen molar-refractivity contribution in [1.29, 1.82) is 0 Å². The van der Waals surface area contributed by atoms with E-state index in [1.807, 2.05) is 0 Å². The van der Waals surface area contributed by atoms with Crippen LogP contribution in [0.3, 0.4) is 0 Å². The molecule has 2 aromatic rings. The maximum Gasteiger partial charge on any atom is 0.188 e. The van der Waals surface area contributed by atoms with Gasteiger partial charge in [0.15, 0.2) is 5.13 Å². The number of aryl methyl sites for hydroxylation is 2. The number of fused-ring (bicyclic) bond motifs is 1. The van der Waals surface area contributed by atoms with Crippen molar-refractivity contribution in [1.82, 2.24) is 15.0 Å². The zero-order valence-electron chi connectivity index (χ0n) is 9.11. The molecule has 17 heavy (non-hydrogen) atoms. The average molecular weight is 311 g/mol. The molecule has 0 unspecified atom stereocenters. The normalized spacial score (nSPS) is 14.4. The lowest BCUT2D eigenvalue weighted by molar-refractivity contribution is 0.683. The molecule has 1 aliphatic rings. The van der Waals surface area contributed by atoms with Gasteiger partial charge in [-0.15, -0.1) is 11.3 Å². The summed E-state index contributed by atoms with van der Waals surface area (Å²) in [6.07, 6.45) is 8.07. The van der Waals surface area contributed by atoms with Gasteiger partial charge < -0.3 is 5.32 Å². The molecule has 88 valence electrons. The standard InChI is InChI=1S/C11H11BrN4S/c12-7-5-13-6-14-10(7)16-11-15-8-3-1-2-4-9(8)17-11/h5-6H,1-4H2,(H,13,14,15,16). The van der Waals surface area contributed by atoms with Crippen molar-refractivity contribution in [2.24, 2.45) is 0 Å². The minimum absolute atomic E-state index is 0.770. The molecule has 6 heteroatoms. The Labute approximate surface area is 112 Å². The maximum absolute atomic E-state index is 4.61. The number of nitrogens with one attached hydrogen (secondary N) is 1. The SMILES string of the molecule is Brc1cncnc1Nc1nc2c(s1)CCCC2. The number of thiazole rings is 1. The molecule has 3 rings (SSSR count). The van der Waals surface area contributed by atoms with E-state index >= 15 is 0 Å². The van der Waals surface area contributed by atoms with Gasteiger partial charge in [-0.3, -0.25) is 0 Å². The molecule has 0 saturated heterocycles. The van der Waals surface area contributed by atoms with E-state index in [4.69, 9.17) is 0 Å². The highest BCUT2D eigenvalue weighted by atomic mass is 79.9. The highest BCUT2D eigenvalue weighted by Crippen LogP contribution is 2.32. The average Bonchev–Trinajstić information content (AvgIpc) is 2.74. The first kappa shape index (κ1) is 11.1. The van der Waals surface area contributed by atoms with Crippen LogP contribution in [0.4, 0.5) is 10.9 Å². The third-order valence-corrected chi connectivity index (χ3v) is 4.39. The van der Waals surface area contributed by atoms with Crippen molar-refractivity contribution in [2.75, 3.05) is 5.32 Å². The summed E-state index contributed by atoms with van der Waals surface area (Å²) in [7, 11) is 0. The predicted octanol–water partition coefficient (Wildman–Crippen LogP) is 3.32. The number of anilines is 2. The van der Waals surface area contributed by atoms with Crippen LogP contribution in [0.2, 0.25) is 0 Å². The molecule has 0 aromatic carbocycles. The minimum atomic E-state index is 0.770. The summed E-state index contributed by atoms with van der Waals surface area (Å²) in [5.41, 5.74) is 1.26. The van der Waals surface area contributed by atoms with Gasteiger partial charge in [0.05, 0.1) is 10.2 Å². The van der Waals surface area contributed by atoms with Gasteiger partial charge >= 0.3 is 0 Å². The molecular formula is C11H11BrN4S. The van der Waals surface area contributed by atoms with E-state index in [0.717, 1.165) is 21.8 Å². The number of hydrogen-bond donors (Lipinski definition) is 1. The van der Waals surface area contributed by atoms with Crippen molar-refractivity contribution >= 4 is 38.2 Å². The molecule has 4 nitrogen and oxygen atoms in total. The van der Waals surface area contributed by atoms with E-state index in [1.54, 1.807) is 17.5 Å². The summed E-state index contributed by atoms with van der Waals surface area (Å²) in [6.45, 7) is 0. The summed E-state index contributed by atoms with van der Waals surface area (Å²) in [5, 5.41) is 4.17. The molecule has 0 fully saturated rings. The molecule has 0 saturated carbocycles. The molecule has 0 atom stereocenters. The molecule has 0 amide bonds. The summed E-state index contributed by atoms with van der Waals surface area (Å²) in [5.74, 6) is 0.770. The number of rotatable bonds is 2. The van der Waals surface area contributed by atoms with Crippen molar-refractivity contribution < 1.29 is 0 Å². The maximum atomic E-state index is 4.61.